The molecule has 1 fully saturated rings. The lowest BCUT2D eigenvalue weighted by Crippen LogP contribution is -2.46. The molecule has 1 aliphatic rings. The van der Waals surface area contributed by atoms with E-state index in [2.05, 4.69) is 10.6 Å². The Morgan fingerprint density at radius 3 is 2.65 bits per heavy atom. The number of likely N-dealkylation sites (tertiary alicyclic amines) is 1. The first-order valence-electron chi connectivity index (χ1n) is 9.04. The van der Waals surface area contributed by atoms with Crippen molar-refractivity contribution >= 4 is 17.9 Å². The first kappa shape index (κ1) is 19.8. The van der Waals surface area contributed by atoms with Crippen LogP contribution in [-0.4, -0.2) is 55.1 Å². The summed E-state index contributed by atoms with van der Waals surface area (Å²) in [6.07, 6.45) is 3.55. The smallest absolute Gasteiger partial charge is 0.409 e. The Balaban J connectivity index is 1.59. The highest BCUT2D eigenvalue weighted by Gasteiger charge is 2.24. The number of furan rings is 1. The molecule has 0 aromatic carbocycles. The number of rotatable bonds is 7. The molecule has 1 aromatic rings. The van der Waals surface area contributed by atoms with Crippen LogP contribution in [0.2, 0.25) is 0 Å². The van der Waals surface area contributed by atoms with Crippen LogP contribution in [0.15, 0.2) is 16.7 Å². The molecule has 0 unspecified atom stereocenters. The van der Waals surface area contributed by atoms with Crippen LogP contribution in [0.1, 0.15) is 48.7 Å². The number of hydrogen-bond donors (Lipinski definition) is 2. The SMILES string of the molecule is CCOC(=O)N1CCC(NC(=O)CCCNC(=O)c2ccoc2C)CC1. The molecule has 2 rings (SSSR count). The maximum Gasteiger partial charge on any atom is 0.409 e. The maximum absolute atomic E-state index is 12.0. The molecule has 2 heterocycles. The predicted octanol–water partition coefficient (Wildman–Crippen LogP) is 1.84. The van der Waals surface area contributed by atoms with Gasteiger partial charge < -0.3 is 24.7 Å². The summed E-state index contributed by atoms with van der Waals surface area (Å²) < 4.78 is 10.1. The molecular formula is C18H27N3O5. The van der Waals surface area contributed by atoms with Gasteiger partial charge in [-0.3, -0.25) is 9.59 Å². The second kappa shape index (κ2) is 9.84. The van der Waals surface area contributed by atoms with E-state index in [1.807, 2.05) is 0 Å². The van der Waals surface area contributed by atoms with Crippen LogP contribution in [0.4, 0.5) is 4.79 Å². The van der Waals surface area contributed by atoms with Gasteiger partial charge in [-0.2, -0.15) is 0 Å². The first-order chi connectivity index (χ1) is 12.5. The summed E-state index contributed by atoms with van der Waals surface area (Å²) in [5.41, 5.74) is 0.516. The lowest BCUT2D eigenvalue weighted by molar-refractivity contribution is -0.122. The highest BCUT2D eigenvalue weighted by molar-refractivity contribution is 5.95. The van der Waals surface area contributed by atoms with E-state index in [0.717, 1.165) is 12.8 Å². The molecule has 0 atom stereocenters. The van der Waals surface area contributed by atoms with E-state index in [1.54, 1.807) is 24.8 Å². The molecule has 8 heteroatoms. The standard InChI is InChI=1S/C18H27N3O5/c1-3-25-18(24)21-10-6-14(7-11-21)20-16(22)5-4-9-19-17(23)15-8-12-26-13(15)2/h8,12,14H,3-7,9-11H2,1-2H3,(H,19,23)(H,20,22). The number of nitrogens with zero attached hydrogens (tertiary/aromatic N) is 1. The number of amides is 3. The highest BCUT2D eigenvalue weighted by atomic mass is 16.6. The quantitative estimate of drug-likeness (QED) is 0.718. The molecule has 0 bridgehead atoms. The maximum atomic E-state index is 12.0. The molecule has 0 aliphatic carbocycles. The second-order valence-corrected chi connectivity index (χ2v) is 6.28. The third-order valence-electron chi connectivity index (χ3n) is 4.36. The number of aryl methyl sites for hydroxylation is 1. The molecule has 2 N–H and O–H groups in total. The molecule has 0 saturated carbocycles. The van der Waals surface area contributed by atoms with Crippen molar-refractivity contribution in [1.82, 2.24) is 15.5 Å². The Kier molecular flexibility index (Phi) is 7.50. The van der Waals surface area contributed by atoms with Gasteiger partial charge in [0, 0.05) is 32.1 Å². The summed E-state index contributed by atoms with van der Waals surface area (Å²) in [6.45, 7) is 5.48. The van der Waals surface area contributed by atoms with Crippen LogP contribution in [0, 0.1) is 6.92 Å². The summed E-state index contributed by atoms with van der Waals surface area (Å²) in [6, 6.07) is 1.70. The van der Waals surface area contributed by atoms with Gasteiger partial charge in [0.25, 0.3) is 5.91 Å². The molecule has 0 spiro atoms. The Morgan fingerprint density at radius 1 is 1.31 bits per heavy atom. The van der Waals surface area contributed by atoms with Crippen molar-refractivity contribution in [3.05, 3.63) is 23.7 Å². The first-order valence-corrected chi connectivity index (χ1v) is 9.04. The summed E-state index contributed by atoms with van der Waals surface area (Å²) in [7, 11) is 0. The van der Waals surface area contributed by atoms with Gasteiger partial charge in [0.05, 0.1) is 18.4 Å². The van der Waals surface area contributed by atoms with Crippen molar-refractivity contribution in [2.24, 2.45) is 0 Å². The number of piperidine rings is 1. The van der Waals surface area contributed by atoms with Gasteiger partial charge >= 0.3 is 6.09 Å². The van der Waals surface area contributed by atoms with Crippen molar-refractivity contribution in [3.63, 3.8) is 0 Å². The minimum Gasteiger partial charge on any atom is -0.469 e. The normalized spacial score (nSPS) is 14.8. The number of hydrogen-bond acceptors (Lipinski definition) is 5. The van der Waals surface area contributed by atoms with Crippen LogP contribution >= 0.6 is 0 Å². The van der Waals surface area contributed by atoms with E-state index in [4.69, 9.17) is 9.15 Å². The fourth-order valence-corrected chi connectivity index (χ4v) is 2.89. The van der Waals surface area contributed by atoms with E-state index < -0.39 is 0 Å². The molecule has 1 aliphatic heterocycles. The van der Waals surface area contributed by atoms with E-state index in [-0.39, 0.29) is 23.9 Å². The van der Waals surface area contributed by atoms with Crippen molar-refractivity contribution < 1.29 is 23.5 Å². The molecule has 26 heavy (non-hydrogen) atoms. The summed E-state index contributed by atoms with van der Waals surface area (Å²) in [4.78, 5) is 37.2. The van der Waals surface area contributed by atoms with Gasteiger partial charge in [0.2, 0.25) is 5.91 Å². The molecule has 144 valence electrons. The van der Waals surface area contributed by atoms with Gasteiger partial charge in [-0.1, -0.05) is 0 Å². The summed E-state index contributed by atoms with van der Waals surface area (Å²) in [5.74, 6) is 0.353. The zero-order chi connectivity index (χ0) is 18.9. The van der Waals surface area contributed by atoms with Crippen LogP contribution in [0.3, 0.4) is 0 Å². The van der Waals surface area contributed by atoms with Crippen LogP contribution in [-0.2, 0) is 9.53 Å². The fraction of sp³-hybridized carbons (Fsp3) is 0.611. The molecular weight excluding hydrogens is 338 g/mol. The Bertz CT molecular complexity index is 620. The van der Waals surface area contributed by atoms with Crippen LogP contribution < -0.4 is 10.6 Å². The zero-order valence-electron chi connectivity index (χ0n) is 15.4. The largest absolute Gasteiger partial charge is 0.469 e. The Hall–Kier alpha value is -2.51. The van der Waals surface area contributed by atoms with Crippen LogP contribution in [0.5, 0.6) is 0 Å². The van der Waals surface area contributed by atoms with Crippen molar-refractivity contribution in [2.45, 2.75) is 45.6 Å². The number of ether oxygens (including phenoxy) is 1. The lowest BCUT2D eigenvalue weighted by atomic mass is 10.1. The second-order valence-electron chi connectivity index (χ2n) is 6.28. The van der Waals surface area contributed by atoms with E-state index >= 15 is 0 Å². The van der Waals surface area contributed by atoms with E-state index in [1.165, 1.54) is 6.26 Å². The average molecular weight is 365 g/mol. The van der Waals surface area contributed by atoms with Crippen molar-refractivity contribution in [2.75, 3.05) is 26.2 Å². The molecule has 1 aromatic heterocycles. The van der Waals surface area contributed by atoms with Gasteiger partial charge in [0.15, 0.2) is 0 Å². The van der Waals surface area contributed by atoms with Gasteiger partial charge in [-0.05, 0) is 39.2 Å². The van der Waals surface area contributed by atoms with E-state index in [0.29, 0.717) is 50.4 Å². The molecule has 3 amide bonds. The summed E-state index contributed by atoms with van der Waals surface area (Å²) >= 11 is 0. The van der Waals surface area contributed by atoms with Gasteiger partial charge in [0.1, 0.15) is 5.76 Å². The minimum atomic E-state index is -0.291. The predicted molar refractivity (Wildman–Crippen MR) is 94.8 cm³/mol. The fourth-order valence-electron chi connectivity index (χ4n) is 2.89. The van der Waals surface area contributed by atoms with Crippen LogP contribution in [0.25, 0.3) is 0 Å². The molecule has 1 saturated heterocycles. The number of carbonyl (C=O) groups is 3. The van der Waals surface area contributed by atoms with E-state index in [9.17, 15) is 14.4 Å². The summed E-state index contributed by atoms with van der Waals surface area (Å²) in [5, 5.41) is 5.77. The monoisotopic (exact) mass is 365 g/mol. The third kappa shape index (κ3) is 5.79. The minimum absolute atomic E-state index is 0.0340. The van der Waals surface area contributed by atoms with Gasteiger partial charge in [-0.25, -0.2) is 4.79 Å². The number of nitrogens with one attached hydrogen (secondary N) is 2. The zero-order valence-corrected chi connectivity index (χ0v) is 15.4. The highest BCUT2D eigenvalue weighted by Crippen LogP contribution is 2.12. The van der Waals surface area contributed by atoms with Crippen molar-refractivity contribution in [3.8, 4) is 0 Å². The average Bonchev–Trinajstić information content (AvgIpc) is 3.05. The van der Waals surface area contributed by atoms with Gasteiger partial charge in [-0.15, -0.1) is 0 Å². The lowest BCUT2D eigenvalue weighted by Gasteiger charge is -2.31. The molecule has 0 radical (unpaired) electrons. The topological polar surface area (TPSA) is 101 Å². The Morgan fingerprint density at radius 2 is 2.04 bits per heavy atom. The Labute approximate surface area is 153 Å². The molecule has 8 nitrogen and oxygen atoms in total. The van der Waals surface area contributed by atoms with Crippen molar-refractivity contribution in [1.29, 1.82) is 0 Å². The third-order valence-corrected chi connectivity index (χ3v) is 4.36. The number of carbonyl (C=O) groups excluding carboxylic acids is 3.